The number of aryl methyl sites for hydroxylation is 1. The second-order valence-electron chi connectivity index (χ2n) is 9.77. The Hall–Kier alpha value is -3.21. The number of likely N-dealkylation sites (tertiary alicyclic amines) is 1. The summed E-state index contributed by atoms with van der Waals surface area (Å²) in [4.78, 5) is 42.1. The van der Waals surface area contributed by atoms with Gasteiger partial charge in [-0.15, -0.1) is 0 Å². The molecule has 0 unspecified atom stereocenters. The topological polar surface area (TPSA) is 66.5 Å². The molecule has 3 fully saturated rings. The Labute approximate surface area is 187 Å². The van der Waals surface area contributed by atoms with Crippen LogP contribution in [0.2, 0.25) is 0 Å². The van der Waals surface area contributed by atoms with E-state index in [2.05, 4.69) is 17.5 Å². The van der Waals surface area contributed by atoms with Crippen LogP contribution in [0.1, 0.15) is 17.5 Å². The van der Waals surface area contributed by atoms with E-state index in [-0.39, 0.29) is 41.4 Å². The zero-order valence-corrected chi connectivity index (χ0v) is 18.0. The molecule has 1 aliphatic heterocycles. The Morgan fingerprint density at radius 3 is 2.25 bits per heavy atom. The van der Waals surface area contributed by atoms with Crippen molar-refractivity contribution in [1.29, 1.82) is 0 Å². The van der Waals surface area contributed by atoms with Gasteiger partial charge < -0.3 is 5.32 Å². The van der Waals surface area contributed by atoms with E-state index in [1.165, 1.54) is 4.90 Å². The van der Waals surface area contributed by atoms with E-state index >= 15 is 0 Å². The summed E-state index contributed by atoms with van der Waals surface area (Å²) in [6, 6.07) is 16.3. The van der Waals surface area contributed by atoms with Crippen molar-refractivity contribution < 1.29 is 14.4 Å². The van der Waals surface area contributed by atoms with Crippen LogP contribution in [0.5, 0.6) is 0 Å². The fraction of sp³-hybridized carbons (Fsp3) is 0.370. The summed E-state index contributed by atoms with van der Waals surface area (Å²) in [6.07, 6.45) is 5.75. The molecule has 4 aliphatic carbocycles. The molecule has 3 amide bonds. The molecule has 5 heteroatoms. The number of nitrogens with one attached hydrogen (secondary N) is 1. The standard InChI is InChI=1S/C27H26N2O3/c1-15-6-5-9-17(12-15)28-25(30)22(13-16-7-3-2-4-8-16)29-26(31)23-18-10-11-19(21-14-20(18)21)24(23)27(29)32/h2-12,18-24H,13-14H2,1H3,(H,28,30)/t18-,19-,20-,21-,22+,23-,24+/m1/s1. The van der Waals surface area contributed by atoms with Crippen LogP contribution in [-0.2, 0) is 20.8 Å². The van der Waals surface area contributed by atoms with Gasteiger partial charge in [-0.3, -0.25) is 19.3 Å². The highest BCUT2D eigenvalue weighted by atomic mass is 16.2. The van der Waals surface area contributed by atoms with E-state index in [4.69, 9.17) is 0 Å². The largest absolute Gasteiger partial charge is 0.324 e. The molecule has 2 saturated carbocycles. The van der Waals surface area contributed by atoms with Gasteiger partial charge in [0.05, 0.1) is 11.8 Å². The number of benzene rings is 2. The zero-order valence-electron chi connectivity index (χ0n) is 18.0. The first-order valence-corrected chi connectivity index (χ1v) is 11.5. The highest BCUT2D eigenvalue weighted by molar-refractivity contribution is 6.10. The zero-order chi connectivity index (χ0) is 22.0. The molecule has 5 aliphatic rings. The molecule has 0 spiro atoms. The van der Waals surface area contributed by atoms with Gasteiger partial charge in [0.1, 0.15) is 6.04 Å². The van der Waals surface area contributed by atoms with Gasteiger partial charge in [0.2, 0.25) is 17.7 Å². The van der Waals surface area contributed by atoms with Crippen LogP contribution in [0.25, 0.3) is 0 Å². The molecule has 162 valence electrons. The van der Waals surface area contributed by atoms with Crippen molar-refractivity contribution in [2.24, 2.45) is 35.5 Å². The highest BCUT2D eigenvalue weighted by Gasteiger charge is 2.67. The van der Waals surface area contributed by atoms with Crippen LogP contribution in [-0.4, -0.2) is 28.7 Å². The molecule has 2 aromatic carbocycles. The lowest BCUT2D eigenvalue weighted by molar-refractivity contribution is -0.146. The number of amides is 3. The molecule has 0 aromatic heterocycles. The predicted octanol–water partition coefficient (Wildman–Crippen LogP) is 3.60. The maximum atomic E-state index is 13.6. The first-order chi connectivity index (χ1) is 15.5. The number of carbonyl (C=O) groups excluding carboxylic acids is 3. The van der Waals surface area contributed by atoms with Crippen LogP contribution in [0, 0.1) is 42.4 Å². The van der Waals surface area contributed by atoms with E-state index in [0.29, 0.717) is 23.9 Å². The minimum absolute atomic E-state index is 0.147. The maximum Gasteiger partial charge on any atom is 0.248 e. The normalized spacial score (nSPS) is 32.5. The van der Waals surface area contributed by atoms with Gasteiger partial charge in [-0.25, -0.2) is 0 Å². The number of rotatable bonds is 5. The van der Waals surface area contributed by atoms with E-state index in [1.807, 2.05) is 61.5 Å². The Morgan fingerprint density at radius 1 is 0.969 bits per heavy atom. The summed E-state index contributed by atoms with van der Waals surface area (Å²) in [5.74, 6) is 0.133. The van der Waals surface area contributed by atoms with Gasteiger partial charge in [0, 0.05) is 12.1 Å². The van der Waals surface area contributed by atoms with E-state index in [0.717, 1.165) is 17.5 Å². The highest BCUT2D eigenvalue weighted by Crippen LogP contribution is 2.65. The summed E-state index contributed by atoms with van der Waals surface area (Å²) < 4.78 is 0. The third-order valence-electron chi connectivity index (χ3n) is 7.87. The SMILES string of the molecule is Cc1cccc(NC(=O)[C@H](Cc2ccccc2)N2C(=O)[C@@H]3[C@@H]4C=C[C@H]([C@H]5C[C@H]45)[C@@H]3C2=O)c1. The minimum Gasteiger partial charge on any atom is -0.324 e. The molecular weight excluding hydrogens is 400 g/mol. The van der Waals surface area contributed by atoms with E-state index in [9.17, 15) is 14.4 Å². The lowest BCUT2D eigenvalue weighted by Gasteiger charge is -2.37. The third-order valence-corrected chi connectivity index (χ3v) is 7.87. The minimum atomic E-state index is -0.862. The number of carbonyl (C=O) groups is 3. The van der Waals surface area contributed by atoms with Gasteiger partial charge in [0.15, 0.2) is 0 Å². The number of imide groups is 1. The van der Waals surface area contributed by atoms with Crippen molar-refractivity contribution >= 4 is 23.4 Å². The van der Waals surface area contributed by atoms with Crippen LogP contribution in [0.15, 0.2) is 66.7 Å². The molecule has 7 rings (SSSR count). The van der Waals surface area contributed by atoms with Crippen LogP contribution in [0.4, 0.5) is 5.69 Å². The predicted molar refractivity (Wildman–Crippen MR) is 120 cm³/mol. The number of hydrogen-bond donors (Lipinski definition) is 1. The van der Waals surface area contributed by atoms with Gasteiger partial charge >= 0.3 is 0 Å². The Bertz CT molecular complexity index is 1100. The Kier molecular flexibility index (Phi) is 4.36. The second kappa shape index (κ2) is 7.16. The number of nitrogens with zero attached hydrogens (tertiary/aromatic N) is 1. The van der Waals surface area contributed by atoms with Crippen molar-refractivity contribution in [3.8, 4) is 0 Å². The number of allylic oxidation sites excluding steroid dienone is 2. The van der Waals surface area contributed by atoms with Crippen molar-refractivity contribution in [1.82, 2.24) is 4.90 Å². The molecule has 2 aromatic rings. The summed E-state index contributed by atoms with van der Waals surface area (Å²) >= 11 is 0. The van der Waals surface area contributed by atoms with Crippen molar-refractivity contribution in [3.63, 3.8) is 0 Å². The molecule has 2 bridgehead atoms. The van der Waals surface area contributed by atoms with Gasteiger partial charge in [0.25, 0.3) is 0 Å². The average Bonchev–Trinajstić information content (AvgIpc) is 3.57. The molecular formula is C27H26N2O3. The molecule has 32 heavy (non-hydrogen) atoms. The molecule has 7 atom stereocenters. The molecule has 1 heterocycles. The van der Waals surface area contributed by atoms with Crippen molar-refractivity contribution in [2.75, 3.05) is 5.32 Å². The Balaban J connectivity index is 1.33. The summed E-state index contributed by atoms with van der Waals surface area (Å²) in [5.41, 5.74) is 2.63. The summed E-state index contributed by atoms with van der Waals surface area (Å²) in [5, 5.41) is 2.96. The van der Waals surface area contributed by atoms with E-state index in [1.54, 1.807) is 0 Å². The molecule has 0 radical (unpaired) electrons. The fourth-order valence-electron chi connectivity index (χ4n) is 6.37. The molecule has 5 nitrogen and oxygen atoms in total. The van der Waals surface area contributed by atoms with Gasteiger partial charge in [-0.2, -0.15) is 0 Å². The molecule has 1 N–H and O–H groups in total. The summed E-state index contributed by atoms with van der Waals surface area (Å²) in [6.45, 7) is 1.96. The van der Waals surface area contributed by atoms with Crippen LogP contribution in [0.3, 0.4) is 0 Å². The first-order valence-electron chi connectivity index (χ1n) is 11.5. The second-order valence-corrected chi connectivity index (χ2v) is 9.77. The van der Waals surface area contributed by atoms with Crippen molar-refractivity contribution in [2.45, 2.75) is 25.8 Å². The maximum absolute atomic E-state index is 13.6. The number of hydrogen-bond acceptors (Lipinski definition) is 3. The van der Waals surface area contributed by atoms with Crippen molar-refractivity contribution in [3.05, 3.63) is 77.9 Å². The smallest absolute Gasteiger partial charge is 0.248 e. The third kappa shape index (κ3) is 2.94. The summed E-state index contributed by atoms with van der Waals surface area (Å²) in [7, 11) is 0. The van der Waals surface area contributed by atoms with Crippen LogP contribution >= 0.6 is 0 Å². The quantitative estimate of drug-likeness (QED) is 0.587. The lowest BCUT2D eigenvalue weighted by atomic mass is 9.63. The Morgan fingerprint density at radius 2 is 1.62 bits per heavy atom. The number of anilines is 1. The monoisotopic (exact) mass is 426 g/mol. The average molecular weight is 427 g/mol. The lowest BCUT2D eigenvalue weighted by Crippen LogP contribution is -2.49. The van der Waals surface area contributed by atoms with E-state index < -0.39 is 6.04 Å². The fourth-order valence-corrected chi connectivity index (χ4v) is 6.37. The van der Waals surface area contributed by atoms with Gasteiger partial charge in [-0.1, -0.05) is 54.6 Å². The van der Waals surface area contributed by atoms with Gasteiger partial charge in [-0.05, 0) is 60.3 Å². The molecule has 1 saturated heterocycles. The first kappa shape index (κ1) is 19.5. The van der Waals surface area contributed by atoms with Crippen LogP contribution < -0.4 is 5.32 Å².